The molecule has 7 aromatic rings. The monoisotopic (exact) mass is 815 g/mol. The van der Waals surface area contributed by atoms with Gasteiger partial charge >= 0.3 is 0 Å². The summed E-state index contributed by atoms with van der Waals surface area (Å²) < 4.78 is 0. The third kappa shape index (κ3) is 13.9. The van der Waals surface area contributed by atoms with E-state index in [4.69, 9.17) is 0 Å². The molecule has 4 nitrogen and oxygen atoms in total. The van der Waals surface area contributed by atoms with Gasteiger partial charge in [-0.1, -0.05) is 0 Å². The molecule has 0 fully saturated rings. The summed E-state index contributed by atoms with van der Waals surface area (Å²) in [4.78, 5) is 16.0. The Morgan fingerprint density at radius 1 is 0.327 bits per heavy atom. The van der Waals surface area contributed by atoms with Gasteiger partial charge in [0.2, 0.25) is 0 Å². The van der Waals surface area contributed by atoms with E-state index < -0.39 is 0 Å². The molecular weight excluding hydrogens is 781 g/mol. The quantitative estimate of drug-likeness (QED) is 0.118. The molecule has 0 atom stereocenters. The van der Waals surface area contributed by atoms with Crippen LogP contribution < -0.4 is 0 Å². The minimum absolute atomic E-state index is 0. The van der Waals surface area contributed by atoms with Crippen LogP contribution in [0.25, 0.3) is 46.4 Å². The number of nitrogens with zero attached hydrogens (tertiary/aromatic N) is 2. The van der Waals surface area contributed by atoms with E-state index in [1.165, 1.54) is 0 Å². The maximum Gasteiger partial charge on any atom is 0.0659 e. The van der Waals surface area contributed by atoms with E-state index in [0.717, 1.165) is 44.8 Å². The number of hydrogen-bond donors (Lipinski definition) is 2. The zero-order valence-electron chi connectivity index (χ0n) is 26.7. The molecule has 0 aliphatic carbocycles. The van der Waals surface area contributed by atoms with Crippen molar-refractivity contribution in [1.29, 1.82) is 0 Å². The van der Waals surface area contributed by atoms with Gasteiger partial charge in [-0.3, -0.25) is 0 Å². The second-order valence-electron chi connectivity index (χ2n) is 10.2. The largest absolute Gasteiger partial charge is 0.355 e. The molecule has 1 radical (unpaired) electrons. The summed E-state index contributed by atoms with van der Waals surface area (Å²) in [5.41, 5.74) is 7.86. The van der Waals surface area contributed by atoms with Crippen LogP contribution in [-0.2, 0) is 22.4 Å². The van der Waals surface area contributed by atoms with E-state index in [1.807, 2.05) is 164 Å². The fraction of sp³-hybridized carbons (Fsp3) is 0. The normalized spacial score (nSPS) is 10.1. The number of nitrogens with one attached hydrogen (secondary N) is 2. The van der Waals surface area contributed by atoms with E-state index >= 15 is 0 Å². The first-order valence-electron chi connectivity index (χ1n) is 15.5. The van der Waals surface area contributed by atoms with Crippen LogP contribution in [0.5, 0.6) is 0 Å². The van der Waals surface area contributed by atoms with Crippen LogP contribution in [0.1, 0.15) is 22.8 Å². The van der Waals surface area contributed by atoms with Gasteiger partial charge in [-0.2, -0.15) is 146 Å². The molecule has 245 valence electrons. The number of H-pyrrole nitrogens is 2. The summed E-state index contributed by atoms with van der Waals surface area (Å²) in [6, 6.07) is 66.4. The van der Waals surface area contributed by atoms with Crippen LogP contribution in [0.2, 0.25) is 0 Å². The summed E-state index contributed by atoms with van der Waals surface area (Å²) >= 11 is 0. The maximum absolute atomic E-state index is 4.62. The molecule has 2 N–H and O–H groups in total. The molecule has 8 bridgehead atoms. The third-order valence-corrected chi connectivity index (χ3v) is 6.47. The Labute approximate surface area is 304 Å². The van der Waals surface area contributed by atoms with Gasteiger partial charge in [0.15, 0.2) is 0 Å². The number of hydrogen-bond acceptors (Lipinski definition) is 2. The zero-order chi connectivity index (χ0) is 32.9. The molecule has 5 heterocycles. The second kappa shape index (κ2) is 21.2. The van der Waals surface area contributed by atoms with Gasteiger partial charge in [-0.05, 0) is 72.8 Å². The van der Waals surface area contributed by atoms with Gasteiger partial charge in [-0.25, -0.2) is 9.97 Å². The van der Waals surface area contributed by atoms with Crippen LogP contribution >= 0.6 is 0 Å². The molecule has 5 heteroatoms. The smallest absolute Gasteiger partial charge is 0.0659 e. The predicted molar refractivity (Wildman–Crippen MR) is 200 cm³/mol. The standard InChI is InChI=1S/C20H14N4.4C6H5.Au/c1-2-14-10-16-5-6-18(23-16)12-20-8-7-19(24-20)11-17-4-3-15(22-17)9-13(1)21-14;4*1-2-4-6-5-3-1;/h1-12,21-22H;4*1-5H;/q;4*-1;. The summed E-state index contributed by atoms with van der Waals surface area (Å²) in [5.74, 6) is 0. The van der Waals surface area contributed by atoms with Gasteiger partial charge in [0.1, 0.15) is 0 Å². The first-order valence-corrected chi connectivity index (χ1v) is 15.5. The van der Waals surface area contributed by atoms with Gasteiger partial charge in [0, 0.05) is 44.4 Å². The van der Waals surface area contributed by atoms with Crippen LogP contribution in [-0.4, -0.2) is 19.9 Å². The zero-order valence-corrected chi connectivity index (χ0v) is 28.8. The van der Waals surface area contributed by atoms with Crippen molar-refractivity contribution in [2.24, 2.45) is 0 Å². The second-order valence-corrected chi connectivity index (χ2v) is 10.2. The van der Waals surface area contributed by atoms with Crippen LogP contribution in [0.3, 0.4) is 0 Å². The average molecular weight is 816 g/mol. The Bertz CT molecular complexity index is 1800. The average Bonchev–Trinajstić information content (AvgIpc) is 4.00. The SMILES string of the molecule is C1=Cc2cc3ccc(cc4ccc(cc5nc(cc1n2)C=C5)[nH]4)[nH]3.[Au].[c-]1ccccc1.[c-]1ccccc1.[c-]1ccccc1.[c-]1ccccc1. The number of rotatable bonds is 0. The van der Waals surface area contributed by atoms with Crippen molar-refractivity contribution in [2.75, 3.05) is 0 Å². The third-order valence-electron chi connectivity index (χ3n) is 6.47. The molecule has 49 heavy (non-hydrogen) atoms. The molecule has 2 aliphatic heterocycles. The van der Waals surface area contributed by atoms with Crippen molar-refractivity contribution < 1.29 is 22.4 Å². The van der Waals surface area contributed by atoms with Crippen LogP contribution in [0, 0.1) is 24.3 Å². The van der Waals surface area contributed by atoms with Gasteiger partial charge in [0.25, 0.3) is 0 Å². The number of aromatic amines is 2. The molecule has 0 amide bonds. The van der Waals surface area contributed by atoms with Crippen molar-refractivity contribution >= 4 is 46.4 Å². The molecule has 0 unspecified atom stereocenters. The van der Waals surface area contributed by atoms with E-state index in [9.17, 15) is 0 Å². The Kier molecular flexibility index (Phi) is 15.6. The van der Waals surface area contributed by atoms with Gasteiger partial charge < -0.3 is 9.97 Å². The van der Waals surface area contributed by atoms with Gasteiger partial charge in [-0.15, -0.1) is 0 Å². The van der Waals surface area contributed by atoms with Crippen LogP contribution in [0.4, 0.5) is 0 Å². The molecule has 0 saturated heterocycles. The van der Waals surface area contributed by atoms with Crippen molar-refractivity contribution in [3.8, 4) is 0 Å². The fourth-order valence-electron chi connectivity index (χ4n) is 4.31. The predicted octanol–water partition coefficient (Wildman–Crippen LogP) is 10.6. The first kappa shape index (κ1) is 36.1. The molecule has 3 aromatic heterocycles. The molecule has 0 saturated carbocycles. The van der Waals surface area contributed by atoms with E-state index in [1.54, 1.807) is 0 Å². The topological polar surface area (TPSA) is 57.4 Å². The minimum Gasteiger partial charge on any atom is -0.355 e. The van der Waals surface area contributed by atoms with Crippen molar-refractivity contribution in [3.63, 3.8) is 0 Å². The van der Waals surface area contributed by atoms with Crippen LogP contribution in [0.15, 0.2) is 170 Å². The summed E-state index contributed by atoms with van der Waals surface area (Å²) in [7, 11) is 0. The molecule has 9 rings (SSSR count). The molecule has 2 aliphatic rings. The fourth-order valence-corrected chi connectivity index (χ4v) is 4.31. The number of fused-ring (bicyclic) bond motifs is 8. The molecular formula is C44H34AuN4-4. The van der Waals surface area contributed by atoms with Gasteiger partial charge in [0.05, 0.1) is 22.8 Å². The van der Waals surface area contributed by atoms with E-state index in [-0.39, 0.29) is 22.4 Å². The molecule has 4 aromatic carbocycles. The van der Waals surface area contributed by atoms with E-state index in [0.29, 0.717) is 0 Å². The Morgan fingerprint density at radius 3 is 0.837 bits per heavy atom. The Balaban J connectivity index is 0.000000175. The minimum atomic E-state index is 0. The maximum atomic E-state index is 4.62. The number of aromatic nitrogens is 4. The first-order chi connectivity index (χ1) is 23.8. The van der Waals surface area contributed by atoms with E-state index in [2.05, 4.69) is 74.5 Å². The van der Waals surface area contributed by atoms with Crippen molar-refractivity contribution in [1.82, 2.24) is 19.9 Å². The molecule has 0 spiro atoms. The Hall–Kier alpha value is -5.78. The van der Waals surface area contributed by atoms with Crippen molar-refractivity contribution in [2.45, 2.75) is 0 Å². The summed E-state index contributed by atoms with van der Waals surface area (Å²) in [6.45, 7) is 0. The number of benzene rings is 4. The summed E-state index contributed by atoms with van der Waals surface area (Å²) in [6.07, 6.45) is 8.05. The van der Waals surface area contributed by atoms with Crippen molar-refractivity contribution in [3.05, 3.63) is 217 Å². The Morgan fingerprint density at radius 2 is 0.592 bits per heavy atom. The summed E-state index contributed by atoms with van der Waals surface area (Å²) in [5, 5.41) is 0.